The summed E-state index contributed by atoms with van der Waals surface area (Å²) in [7, 11) is 0. The Morgan fingerprint density at radius 2 is 2.04 bits per heavy atom. The summed E-state index contributed by atoms with van der Waals surface area (Å²) >= 11 is 0. The fourth-order valence-corrected chi connectivity index (χ4v) is 2.77. The van der Waals surface area contributed by atoms with Crippen LogP contribution in [0.15, 0.2) is 18.2 Å². The summed E-state index contributed by atoms with van der Waals surface area (Å²) in [5.74, 6) is 0.655. The van der Waals surface area contributed by atoms with E-state index in [4.69, 9.17) is 9.47 Å². The SMILES string of the molecule is CCC1(CC)Oc2ccc(NC(=O)N[C@H]3CNC(=O)C3)cc2O1. The highest BCUT2D eigenvalue weighted by molar-refractivity contribution is 5.90. The standard InChI is InChI=1S/C16H21N3O4/c1-3-16(4-2)22-12-6-5-10(7-13(12)23-16)18-15(21)19-11-8-14(20)17-9-11/h5-7,11H,3-4,8-9H2,1-2H3,(H,17,20)(H2,18,19,21)/t11-/m1/s1. The van der Waals surface area contributed by atoms with Crippen LogP contribution < -0.4 is 25.4 Å². The Bertz CT molecular complexity index is 628. The van der Waals surface area contributed by atoms with E-state index in [9.17, 15) is 9.59 Å². The van der Waals surface area contributed by atoms with Crippen LogP contribution in [0.25, 0.3) is 0 Å². The number of fused-ring (bicyclic) bond motifs is 1. The van der Waals surface area contributed by atoms with E-state index in [1.165, 1.54) is 0 Å². The number of amides is 3. The Balaban J connectivity index is 1.62. The molecule has 0 spiro atoms. The molecule has 0 aliphatic carbocycles. The summed E-state index contributed by atoms with van der Waals surface area (Å²) in [4.78, 5) is 23.1. The highest BCUT2D eigenvalue weighted by Gasteiger charge is 2.38. The van der Waals surface area contributed by atoms with E-state index in [0.717, 1.165) is 12.8 Å². The van der Waals surface area contributed by atoms with Crippen molar-refractivity contribution < 1.29 is 19.1 Å². The maximum Gasteiger partial charge on any atom is 0.319 e. The monoisotopic (exact) mass is 319 g/mol. The highest BCUT2D eigenvalue weighted by Crippen LogP contribution is 2.43. The first kappa shape index (κ1) is 15.5. The van der Waals surface area contributed by atoms with Crippen LogP contribution in [-0.4, -0.2) is 30.3 Å². The van der Waals surface area contributed by atoms with Gasteiger partial charge < -0.3 is 25.4 Å². The molecule has 0 saturated carbocycles. The van der Waals surface area contributed by atoms with Gasteiger partial charge in [0.15, 0.2) is 11.5 Å². The lowest BCUT2D eigenvalue weighted by Gasteiger charge is -2.24. The van der Waals surface area contributed by atoms with Crippen LogP contribution >= 0.6 is 0 Å². The van der Waals surface area contributed by atoms with Crippen molar-refractivity contribution in [2.45, 2.75) is 44.9 Å². The molecule has 2 aliphatic rings. The molecule has 0 unspecified atom stereocenters. The van der Waals surface area contributed by atoms with E-state index in [1.54, 1.807) is 18.2 Å². The first-order chi connectivity index (χ1) is 11.0. The summed E-state index contributed by atoms with van der Waals surface area (Å²) < 4.78 is 11.8. The molecule has 3 amide bonds. The van der Waals surface area contributed by atoms with Gasteiger partial charge >= 0.3 is 6.03 Å². The Kier molecular flexibility index (Phi) is 4.02. The minimum Gasteiger partial charge on any atom is -0.448 e. The third-order valence-electron chi connectivity index (χ3n) is 4.18. The minimum atomic E-state index is -0.612. The van der Waals surface area contributed by atoms with E-state index in [1.807, 2.05) is 13.8 Å². The van der Waals surface area contributed by atoms with Crippen LogP contribution in [-0.2, 0) is 4.79 Å². The lowest BCUT2D eigenvalue weighted by Crippen LogP contribution is -2.39. The first-order valence-electron chi connectivity index (χ1n) is 7.90. The van der Waals surface area contributed by atoms with Gasteiger partial charge in [-0.1, -0.05) is 13.8 Å². The molecule has 1 aromatic carbocycles. The lowest BCUT2D eigenvalue weighted by molar-refractivity contribution is -0.119. The second-order valence-electron chi connectivity index (χ2n) is 5.79. The molecule has 7 heteroatoms. The van der Waals surface area contributed by atoms with Gasteiger partial charge in [0.25, 0.3) is 5.79 Å². The molecule has 7 nitrogen and oxygen atoms in total. The van der Waals surface area contributed by atoms with Crippen LogP contribution in [0.1, 0.15) is 33.1 Å². The molecule has 2 heterocycles. The van der Waals surface area contributed by atoms with Crippen LogP contribution in [0.3, 0.4) is 0 Å². The van der Waals surface area contributed by atoms with E-state index in [2.05, 4.69) is 16.0 Å². The predicted molar refractivity (Wildman–Crippen MR) is 84.6 cm³/mol. The fraction of sp³-hybridized carbons (Fsp3) is 0.500. The Labute approximate surface area is 134 Å². The van der Waals surface area contributed by atoms with Gasteiger partial charge in [-0.3, -0.25) is 4.79 Å². The predicted octanol–water partition coefficient (Wildman–Crippen LogP) is 1.98. The molecule has 1 aromatic rings. The number of urea groups is 1. The largest absolute Gasteiger partial charge is 0.448 e. The number of carbonyl (C=O) groups excluding carboxylic acids is 2. The fourth-order valence-electron chi connectivity index (χ4n) is 2.77. The Morgan fingerprint density at radius 3 is 2.70 bits per heavy atom. The minimum absolute atomic E-state index is 0.0474. The van der Waals surface area contributed by atoms with Crippen molar-refractivity contribution >= 4 is 17.6 Å². The second kappa shape index (κ2) is 5.98. The van der Waals surface area contributed by atoms with Crippen LogP contribution in [0.4, 0.5) is 10.5 Å². The molecule has 1 fully saturated rings. The topological polar surface area (TPSA) is 88.7 Å². The van der Waals surface area contributed by atoms with Crippen molar-refractivity contribution in [1.29, 1.82) is 0 Å². The maximum absolute atomic E-state index is 12.0. The van der Waals surface area contributed by atoms with E-state index in [-0.39, 0.29) is 18.0 Å². The highest BCUT2D eigenvalue weighted by atomic mass is 16.7. The average Bonchev–Trinajstić information content (AvgIpc) is 3.10. The van der Waals surface area contributed by atoms with Crippen LogP contribution in [0.5, 0.6) is 11.5 Å². The van der Waals surface area contributed by atoms with Crippen LogP contribution in [0.2, 0.25) is 0 Å². The summed E-state index contributed by atoms with van der Waals surface area (Å²) in [5, 5.41) is 8.19. The number of anilines is 1. The summed E-state index contributed by atoms with van der Waals surface area (Å²) in [6.45, 7) is 4.49. The average molecular weight is 319 g/mol. The van der Waals surface area contributed by atoms with Crippen molar-refractivity contribution in [3.05, 3.63) is 18.2 Å². The van der Waals surface area contributed by atoms with Gasteiger partial charge in [-0.2, -0.15) is 0 Å². The van der Waals surface area contributed by atoms with Gasteiger partial charge in [-0.05, 0) is 12.1 Å². The first-order valence-corrected chi connectivity index (χ1v) is 7.90. The zero-order valence-corrected chi connectivity index (χ0v) is 13.3. The normalized spacial score (nSPS) is 21.0. The van der Waals surface area contributed by atoms with Crippen LogP contribution in [0, 0.1) is 0 Å². The third kappa shape index (κ3) is 3.18. The van der Waals surface area contributed by atoms with Crippen molar-refractivity contribution in [1.82, 2.24) is 10.6 Å². The lowest BCUT2D eigenvalue weighted by atomic mass is 10.1. The number of nitrogens with one attached hydrogen (secondary N) is 3. The van der Waals surface area contributed by atoms with Crippen molar-refractivity contribution in [2.24, 2.45) is 0 Å². The summed E-state index contributed by atoms with van der Waals surface area (Å²) in [5.41, 5.74) is 0.616. The summed E-state index contributed by atoms with van der Waals surface area (Å²) in [6.07, 6.45) is 1.79. The molecule has 124 valence electrons. The zero-order valence-electron chi connectivity index (χ0n) is 13.3. The maximum atomic E-state index is 12.0. The molecular weight excluding hydrogens is 298 g/mol. The number of benzene rings is 1. The van der Waals surface area contributed by atoms with E-state index >= 15 is 0 Å². The summed E-state index contributed by atoms with van der Waals surface area (Å²) in [6, 6.07) is 4.78. The molecule has 3 N–H and O–H groups in total. The molecule has 3 rings (SSSR count). The van der Waals surface area contributed by atoms with Gasteiger partial charge in [-0.25, -0.2) is 4.79 Å². The molecule has 1 atom stereocenters. The number of rotatable bonds is 4. The van der Waals surface area contributed by atoms with Crippen molar-refractivity contribution in [2.75, 3.05) is 11.9 Å². The van der Waals surface area contributed by atoms with E-state index < -0.39 is 5.79 Å². The van der Waals surface area contributed by atoms with Gasteiger partial charge in [0, 0.05) is 37.6 Å². The smallest absolute Gasteiger partial charge is 0.319 e. The zero-order chi connectivity index (χ0) is 16.4. The van der Waals surface area contributed by atoms with Gasteiger partial charge in [0.2, 0.25) is 5.91 Å². The van der Waals surface area contributed by atoms with Gasteiger partial charge in [0.1, 0.15) is 0 Å². The number of carbonyl (C=O) groups is 2. The number of hydrogen-bond donors (Lipinski definition) is 3. The second-order valence-corrected chi connectivity index (χ2v) is 5.79. The van der Waals surface area contributed by atoms with Gasteiger partial charge in [-0.15, -0.1) is 0 Å². The number of hydrogen-bond acceptors (Lipinski definition) is 4. The number of ether oxygens (including phenoxy) is 2. The molecule has 2 aliphatic heterocycles. The molecule has 0 bridgehead atoms. The Hall–Kier alpha value is -2.44. The molecular formula is C16H21N3O4. The molecule has 0 aromatic heterocycles. The van der Waals surface area contributed by atoms with Gasteiger partial charge in [0.05, 0.1) is 6.04 Å². The van der Waals surface area contributed by atoms with Crippen molar-refractivity contribution in [3.8, 4) is 11.5 Å². The third-order valence-corrected chi connectivity index (χ3v) is 4.18. The van der Waals surface area contributed by atoms with Crippen molar-refractivity contribution in [3.63, 3.8) is 0 Å². The van der Waals surface area contributed by atoms with E-state index in [0.29, 0.717) is 30.2 Å². The Morgan fingerprint density at radius 1 is 1.30 bits per heavy atom. The molecule has 23 heavy (non-hydrogen) atoms. The molecule has 1 saturated heterocycles. The molecule has 0 radical (unpaired) electrons. The quantitative estimate of drug-likeness (QED) is 0.792.